The summed E-state index contributed by atoms with van der Waals surface area (Å²) in [4.78, 5) is 22.4. The van der Waals surface area contributed by atoms with E-state index in [0.717, 1.165) is 6.42 Å². The average molecular weight is 279 g/mol. The normalized spacial score (nSPS) is 10.9. The fourth-order valence-electron chi connectivity index (χ4n) is 1.57. The SMILES string of the molecule is CCC(C)(C)NC(=O)COc1cccc(CC(=O)O)c1. The Morgan fingerprint density at radius 2 is 2.05 bits per heavy atom. The van der Waals surface area contributed by atoms with Crippen LogP contribution in [0.4, 0.5) is 0 Å². The van der Waals surface area contributed by atoms with Gasteiger partial charge in [-0.2, -0.15) is 0 Å². The van der Waals surface area contributed by atoms with E-state index in [4.69, 9.17) is 9.84 Å². The van der Waals surface area contributed by atoms with Gasteiger partial charge in [0.2, 0.25) is 0 Å². The van der Waals surface area contributed by atoms with Gasteiger partial charge in [0, 0.05) is 5.54 Å². The fourth-order valence-corrected chi connectivity index (χ4v) is 1.57. The van der Waals surface area contributed by atoms with Crippen molar-refractivity contribution in [1.29, 1.82) is 0 Å². The number of ether oxygens (including phenoxy) is 1. The van der Waals surface area contributed by atoms with Gasteiger partial charge < -0.3 is 15.2 Å². The predicted octanol–water partition coefficient (Wildman–Crippen LogP) is 2.00. The maximum atomic E-state index is 11.7. The van der Waals surface area contributed by atoms with E-state index >= 15 is 0 Å². The molecule has 0 aliphatic rings. The monoisotopic (exact) mass is 279 g/mol. The number of nitrogens with one attached hydrogen (secondary N) is 1. The van der Waals surface area contributed by atoms with E-state index in [1.807, 2.05) is 20.8 Å². The van der Waals surface area contributed by atoms with E-state index in [1.165, 1.54) is 0 Å². The fraction of sp³-hybridized carbons (Fsp3) is 0.467. The lowest BCUT2D eigenvalue weighted by molar-refractivity contribution is -0.136. The summed E-state index contributed by atoms with van der Waals surface area (Å²) in [6.45, 7) is 5.80. The summed E-state index contributed by atoms with van der Waals surface area (Å²) in [6.07, 6.45) is 0.763. The van der Waals surface area contributed by atoms with Gasteiger partial charge in [-0.1, -0.05) is 19.1 Å². The third-order valence-corrected chi connectivity index (χ3v) is 2.99. The van der Waals surface area contributed by atoms with E-state index in [2.05, 4.69) is 5.32 Å². The van der Waals surface area contributed by atoms with E-state index in [9.17, 15) is 9.59 Å². The van der Waals surface area contributed by atoms with E-state index in [-0.39, 0.29) is 24.5 Å². The van der Waals surface area contributed by atoms with Gasteiger partial charge >= 0.3 is 5.97 Å². The van der Waals surface area contributed by atoms with Crippen molar-refractivity contribution < 1.29 is 19.4 Å². The number of carboxylic acid groups (broad SMARTS) is 1. The van der Waals surface area contributed by atoms with E-state index < -0.39 is 5.97 Å². The molecule has 0 aliphatic heterocycles. The molecular formula is C15H21NO4. The minimum Gasteiger partial charge on any atom is -0.484 e. The van der Waals surface area contributed by atoms with Crippen LogP contribution in [0.3, 0.4) is 0 Å². The molecule has 110 valence electrons. The largest absolute Gasteiger partial charge is 0.484 e. The predicted molar refractivity (Wildman–Crippen MR) is 75.8 cm³/mol. The molecule has 0 bridgehead atoms. The van der Waals surface area contributed by atoms with Crippen molar-refractivity contribution in [3.8, 4) is 5.75 Å². The summed E-state index contributed by atoms with van der Waals surface area (Å²) >= 11 is 0. The Kier molecular flexibility index (Phi) is 5.55. The number of carbonyl (C=O) groups excluding carboxylic acids is 1. The second-order valence-corrected chi connectivity index (χ2v) is 5.29. The van der Waals surface area contributed by atoms with Gasteiger partial charge in [0.1, 0.15) is 5.75 Å². The number of hydrogen-bond donors (Lipinski definition) is 2. The van der Waals surface area contributed by atoms with Crippen molar-refractivity contribution >= 4 is 11.9 Å². The van der Waals surface area contributed by atoms with Gasteiger partial charge in [-0.3, -0.25) is 9.59 Å². The van der Waals surface area contributed by atoms with Gasteiger partial charge in [0.25, 0.3) is 5.91 Å². The van der Waals surface area contributed by atoms with Crippen LogP contribution in [-0.4, -0.2) is 29.1 Å². The second-order valence-electron chi connectivity index (χ2n) is 5.29. The number of rotatable bonds is 7. The van der Waals surface area contributed by atoms with Gasteiger partial charge in [-0.15, -0.1) is 0 Å². The zero-order valence-corrected chi connectivity index (χ0v) is 12.1. The first kappa shape index (κ1) is 16.0. The number of aliphatic carboxylic acids is 1. The lowest BCUT2D eigenvalue weighted by Crippen LogP contribution is -2.44. The molecule has 0 fully saturated rings. The molecule has 2 N–H and O–H groups in total. The Labute approximate surface area is 118 Å². The molecule has 0 saturated carbocycles. The number of benzene rings is 1. The maximum absolute atomic E-state index is 11.7. The summed E-state index contributed by atoms with van der Waals surface area (Å²) in [7, 11) is 0. The van der Waals surface area contributed by atoms with Crippen LogP contribution in [0.15, 0.2) is 24.3 Å². The van der Waals surface area contributed by atoms with Crippen LogP contribution >= 0.6 is 0 Å². The molecule has 5 heteroatoms. The highest BCUT2D eigenvalue weighted by molar-refractivity contribution is 5.78. The van der Waals surface area contributed by atoms with E-state index in [1.54, 1.807) is 24.3 Å². The minimum absolute atomic E-state index is 0.0632. The average Bonchev–Trinajstić information content (AvgIpc) is 2.35. The van der Waals surface area contributed by atoms with Crippen molar-refractivity contribution in [2.45, 2.75) is 39.2 Å². The first-order chi connectivity index (χ1) is 9.32. The number of carbonyl (C=O) groups is 2. The molecule has 0 aromatic heterocycles. The molecule has 0 atom stereocenters. The highest BCUT2D eigenvalue weighted by Gasteiger charge is 2.17. The molecular weight excluding hydrogens is 258 g/mol. The third kappa shape index (κ3) is 5.73. The van der Waals surface area contributed by atoms with Crippen LogP contribution in [0.2, 0.25) is 0 Å². The molecule has 1 amide bonds. The Hall–Kier alpha value is -2.04. The Balaban J connectivity index is 2.53. The van der Waals surface area contributed by atoms with Gasteiger partial charge in [0.15, 0.2) is 6.61 Å². The number of amides is 1. The first-order valence-corrected chi connectivity index (χ1v) is 6.57. The van der Waals surface area contributed by atoms with Crippen LogP contribution < -0.4 is 10.1 Å². The van der Waals surface area contributed by atoms with Crippen LogP contribution in [0, 0.1) is 0 Å². The molecule has 1 aromatic carbocycles. The molecule has 5 nitrogen and oxygen atoms in total. The molecule has 1 aromatic rings. The molecule has 0 saturated heterocycles. The Morgan fingerprint density at radius 3 is 2.65 bits per heavy atom. The molecule has 0 unspecified atom stereocenters. The molecule has 0 heterocycles. The topological polar surface area (TPSA) is 75.6 Å². The van der Waals surface area contributed by atoms with Crippen molar-refractivity contribution in [3.63, 3.8) is 0 Å². The summed E-state index contributed by atoms with van der Waals surface area (Å²) in [5.74, 6) is -0.599. The standard InChI is InChI=1S/C15H21NO4/c1-4-15(2,3)16-13(17)10-20-12-7-5-6-11(8-12)9-14(18)19/h5-8H,4,9-10H2,1-3H3,(H,16,17)(H,18,19). The van der Waals surface area contributed by atoms with Crippen LogP contribution in [0.5, 0.6) is 5.75 Å². The molecule has 1 rings (SSSR count). The highest BCUT2D eigenvalue weighted by Crippen LogP contribution is 2.14. The second kappa shape index (κ2) is 6.93. The molecule has 0 aliphatic carbocycles. The van der Waals surface area contributed by atoms with Crippen LogP contribution in [0.1, 0.15) is 32.8 Å². The van der Waals surface area contributed by atoms with Crippen molar-refractivity contribution in [1.82, 2.24) is 5.32 Å². The Bertz CT molecular complexity index is 483. The Morgan fingerprint density at radius 1 is 1.35 bits per heavy atom. The zero-order valence-electron chi connectivity index (χ0n) is 12.1. The van der Waals surface area contributed by atoms with Crippen LogP contribution in [0.25, 0.3) is 0 Å². The van der Waals surface area contributed by atoms with Gasteiger partial charge in [0.05, 0.1) is 6.42 Å². The zero-order chi connectivity index (χ0) is 15.2. The highest BCUT2D eigenvalue weighted by atomic mass is 16.5. The molecule has 20 heavy (non-hydrogen) atoms. The first-order valence-electron chi connectivity index (χ1n) is 6.57. The lowest BCUT2D eigenvalue weighted by Gasteiger charge is -2.24. The van der Waals surface area contributed by atoms with Crippen LogP contribution in [-0.2, 0) is 16.0 Å². The van der Waals surface area contributed by atoms with Crippen molar-refractivity contribution in [2.75, 3.05) is 6.61 Å². The van der Waals surface area contributed by atoms with E-state index in [0.29, 0.717) is 11.3 Å². The number of hydrogen-bond acceptors (Lipinski definition) is 3. The van der Waals surface area contributed by atoms with Crippen molar-refractivity contribution in [3.05, 3.63) is 29.8 Å². The van der Waals surface area contributed by atoms with Gasteiger partial charge in [-0.05, 0) is 38.0 Å². The lowest BCUT2D eigenvalue weighted by atomic mass is 10.0. The minimum atomic E-state index is -0.899. The van der Waals surface area contributed by atoms with Crippen molar-refractivity contribution in [2.24, 2.45) is 0 Å². The molecule has 0 radical (unpaired) electrons. The summed E-state index contributed by atoms with van der Waals surface area (Å²) in [5, 5.41) is 11.6. The summed E-state index contributed by atoms with van der Waals surface area (Å²) in [6, 6.07) is 6.75. The van der Waals surface area contributed by atoms with Gasteiger partial charge in [-0.25, -0.2) is 0 Å². The summed E-state index contributed by atoms with van der Waals surface area (Å²) < 4.78 is 5.38. The maximum Gasteiger partial charge on any atom is 0.307 e. The smallest absolute Gasteiger partial charge is 0.307 e. The quantitative estimate of drug-likeness (QED) is 0.800. The molecule has 0 spiro atoms. The summed E-state index contributed by atoms with van der Waals surface area (Å²) in [5.41, 5.74) is 0.385. The third-order valence-electron chi connectivity index (χ3n) is 2.99. The number of carboxylic acids is 1.